The molecule has 5 nitrogen and oxygen atoms in total. The Morgan fingerprint density at radius 2 is 1.38 bits per heavy atom. The summed E-state index contributed by atoms with van der Waals surface area (Å²) in [5.41, 5.74) is 7.19. The van der Waals surface area contributed by atoms with Crippen molar-refractivity contribution in [2.45, 2.75) is 19.0 Å². The molecule has 0 saturated heterocycles. The summed E-state index contributed by atoms with van der Waals surface area (Å²) in [6, 6.07) is 41.9. The fourth-order valence-electron chi connectivity index (χ4n) is 7.52. The van der Waals surface area contributed by atoms with Crippen LogP contribution >= 0.6 is 0 Å². The van der Waals surface area contributed by atoms with Gasteiger partial charge < -0.3 is 4.98 Å². The van der Waals surface area contributed by atoms with Crippen LogP contribution in [0.2, 0.25) is 0 Å². The highest BCUT2D eigenvalue weighted by Crippen LogP contribution is 2.45. The number of benzene rings is 6. The van der Waals surface area contributed by atoms with Crippen molar-refractivity contribution in [3.63, 3.8) is 0 Å². The number of pyridine rings is 1. The van der Waals surface area contributed by atoms with Crippen LogP contribution in [0.3, 0.4) is 0 Å². The summed E-state index contributed by atoms with van der Waals surface area (Å²) in [7, 11) is 0. The van der Waals surface area contributed by atoms with E-state index in [0.717, 1.165) is 49.6 Å². The first-order valence-electron chi connectivity index (χ1n) is 16.9. The maximum atomic E-state index is 14.7. The van der Waals surface area contributed by atoms with Crippen molar-refractivity contribution < 1.29 is 13.2 Å². The molecule has 6 aromatic carbocycles. The highest BCUT2D eigenvalue weighted by atomic mass is 19.4. The first-order valence-corrected chi connectivity index (χ1v) is 16.9. The van der Waals surface area contributed by atoms with E-state index in [4.69, 9.17) is 4.98 Å². The molecule has 52 heavy (non-hydrogen) atoms. The number of hydrogen-bond donors (Lipinski definition) is 1. The van der Waals surface area contributed by atoms with Gasteiger partial charge in [0.15, 0.2) is 0 Å². The molecule has 2 heterocycles. The van der Waals surface area contributed by atoms with Gasteiger partial charge in [0.1, 0.15) is 0 Å². The number of H-pyrrole nitrogens is 1. The van der Waals surface area contributed by atoms with Gasteiger partial charge in [-0.3, -0.25) is 4.79 Å². The zero-order chi connectivity index (χ0) is 35.6. The lowest BCUT2D eigenvalue weighted by Crippen LogP contribution is -2.33. The number of aromatic nitrogens is 3. The van der Waals surface area contributed by atoms with Gasteiger partial charge in [-0.2, -0.15) is 13.2 Å². The Balaban J connectivity index is 1.30. The Morgan fingerprint density at radius 3 is 2.23 bits per heavy atom. The van der Waals surface area contributed by atoms with Crippen LogP contribution in [0.4, 0.5) is 13.2 Å². The Kier molecular flexibility index (Phi) is 7.29. The highest BCUT2D eigenvalue weighted by Gasteiger charge is 2.34. The van der Waals surface area contributed by atoms with E-state index >= 15 is 0 Å². The molecule has 8 heteroatoms. The Labute approximate surface area is 295 Å². The van der Waals surface area contributed by atoms with Crippen LogP contribution in [-0.2, 0) is 19.0 Å². The molecule has 1 aliphatic carbocycles. The monoisotopic (exact) mass is 687 g/mol. The molecule has 0 bridgehead atoms. The van der Waals surface area contributed by atoms with Crippen molar-refractivity contribution in [2.24, 2.45) is 0 Å². The van der Waals surface area contributed by atoms with Gasteiger partial charge in [0.25, 0.3) is 5.56 Å². The second-order valence-corrected chi connectivity index (χ2v) is 13.1. The van der Waals surface area contributed by atoms with Gasteiger partial charge in [0, 0.05) is 10.9 Å². The molecule has 1 N–H and O–H groups in total. The van der Waals surface area contributed by atoms with Crippen LogP contribution < -0.4 is 11.2 Å². The molecule has 0 spiro atoms. The van der Waals surface area contributed by atoms with Gasteiger partial charge in [-0.1, -0.05) is 97.1 Å². The summed E-state index contributed by atoms with van der Waals surface area (Å²) in [4.78, 5) is 34.4. The predicted octanol–water partition coefficient (Wildman–Crippen LogP) is 9.74. The zero-order valence-corrected chi connectivity index (χ0v) is 27.5. The lowest BCUT2D eigenvalue weighted by molar-refractivity contribution is -0.136. The standard InChI is InChI=1S/C44H28F3N3O2/c45-44(46,47)38-18-9-17-32-34(28-13-8-14-30(23-28)50-42(51)33-16-6-7-19-39(33)49-43(50)52)25-40(48-41(32)38)37-22-27(20-26-10-2-1-3-11-26)21-35-31-15-5-4-12-29(31)24-36(35)37/h1-19,21-23,25H,20,24H2,(H,49,52). The van der Waals surface area contributed by atoms with Crippen LogP contribution in [0.15, 0.2) is 149 Å². The Morgan fingerprint density at radius 1 is 0.654 bits per heavy atom. The van der Waals surface area contributed by atoms with Crippen molar-refractivity contribution in [3.05, 3.63) is 188 Å². The number of alkyl halides is 3. The van der Waals surface area contributed by atoms with Crippen LogP contribution in [0.5, 0.6) is 0 Å². The molecular formula is C44H28F3N3O2. The smallest absolute Gasteiger partial charge is 0.306 e. The van der Waals surface area contributed by atoms with Gasteiger partial charge in [0.2, 0.25) is 0 Å². The topological polar surface area (TPSA) is 67.8 Å². The van der Waals surface area contributed by atoms with E-state index in [0.29, 0.717) is 46.0 Å². The summed E-state index contributed by atoms with van der Waals surface area (Å²) in [5, 5.41) is 0.639. The lowest BCUT2D eigenvalue weighted by atomic mass is 9.91. The molecule has 8 aromatic rings. The van der Waals surface area contributed by atoms with E-state index in [1.165, 1.54) is 6.07 Å². The lowest BCUT2D eigenvalue weighted by Gasteiger charge is -2.18. The average Bonchev–Trinajstić information content (AvgIpc) is 3.52. The quantitative estimate of drug-likeness (QED) is 0.196. The van der Waals surface area contributed by atoms with Crippen LogP contribution in [0, 0.1) is 0 Å². The van der Waals surface area contributed by atoms with Crippen LogP contribution in [0.25, 0.3) is 61.0 Å². The van der Waals surface area contributed by atoms with Crippen LogP contribution in [-0.4, -0.2) is 14.5 Å². The SMILES string of the molecule is O=c1[nH]c2ccccc2c(=O)n1-c1cccc(-c2cc(-c3cc(Cc4ccccc4)cc4c3Cc3ccccc3-4)nc3c(C(F)(F)F)cccc23)c1. The highest BCUT2D eigenvalue weighted by molar-refractivity contribution is 5.99. The normalized spacial score (nSPS) is 12.3. The number of fused-ring (bicyclic) bond motifs is 5. The van der Waals surface area contributed by atoms with Crippen LogP contribution in [0.1, 0.15) is 27.8 Å². The van der Waals surface area contributed by atoms with Crippen molar-refractivity contribution in [1.82, 2.24) is 14.5 Å². The predicted molar refractivity (Wildman–Crippen MR) is 199 cm³/mol. The minimum absolute atomic E-state index is 0.175. The van der Waals surface area contributed by atoms with E-state index in [-0.39, 0.29) is 11.2 Å². The molecule has 9 rings (SSSR count). The van der Waals surface area contributed by atoms with Gasteiger partial charge in [-0.05, 0) is 99.8 Å². The molecule has 0 atom stereocenters. The zero-order valence-electron chi connectivity index (χ0n) is 27.5. The number of nitrogens with zero attached hydrogens (tertiary/aromatic N) is 2. The number of hydrogen-bond acceptors (Lipinski definition) is 3. The van der Waals surface area contributed by atoms with E-state index in [9.17, 15) is 22.8 Å². The number of rotatable bonds is 5. The van der Waals surface area contributed by atoms with E-state index in [1.54, 1.807) is 54.6 Å². The van der Waals surface area contributed by atoms with E-state index in [1.807, 2.05) is 36.4 Å². The molecule has 0 saturated carbocycles. The van der Waals surface area contributed by atoms with Crippen molar-refractivity contribution >= 4 is 21.8 Å². The summed E-state index contributed by atoms with van der Waals surface area (Å²) < 4.78 is 45.1. The Bertz CT molecular complexity index is 2840. The van der Waals surface area contributed by atoms with Crippen molar-refractivity contribution in [1.29, 1.82) is 0 Å². The number of para-hydroxylation sites is 2. The fourth-order valence-corrected chi connectivity index (χ4v) is 7.52. The van der Waals surface area contributed by atoms with E-state index in [2.05, 4.69) is 41.4 Å². The minimum Gasteiger partial charge on any atom is -0.306 e. The number of halogens is 3. The van der Waals surface area contributed by atoms with Gasteiger partial charge in [-0.25, -0.2) is 14.3 Å². The number of aromatic amines is 1. The molecule has 0 amide bonds. The van der Waals surface area contributed by atoms with Crippen molar-refractivity contribution in [3.8, 4) is 39.2 Å². The molecule has 0 aliphatic heterocycles. The fraction of sp³-hybridized carbons (Fsp3) is 0.0682. The molecule has 1 aliphatic rings. The Hall–Kier alpha value is -6.54. The summed E-state index contributed by atoms with van der Waals surface area (Å²) in [6.45, 7) is 0. The van der Waals surface area contributed by atoms with E-state index < -0.39 is 23.0 Å². The third-order valence-electron chi connectivity index (χ3n) is 9.88. The average molecular weight is 688 g/mol. The summed E-state index contributed by atoms with van der Waals surface area (Å²) in [6.07, 6.45) is -3.41. The summed E-state index contributed by atoms with van der Waals surface area (Å²) >= 11 is 0. The first kappa shape index (κ1) is 31.4. The second-order valence-electron chi connectivity index (χ2n) is 13.1. The third-order valence-corrected chi connectivity index (χ3v) is 9.88. The largest absolute Gasteiger partial charge is 0.418 e. The second kappa shape index (κ2) is 12.1. The molecule has 0 unspecified atom stereocenters. The first-order chi connectivity index (χ1) is 25.2. The molecule has 0 radical (unpaired) electrons. The van der Waals surface area contributed by atoms with Gasteiger partial charge >= 0.3 is 11.9 Å². The third kappa shape index (κ3) is 5.31. The summed E-state index contributed by atoms with van der Waals surface area (Å²) in [5.74, 6) is 0. The molecule has 0 fully saturated rings. The molecule has 2 aromatic heterocycles. The maximum absolute atomic E-state index is 14.7. The number of nitrogens with one attached hydrogen (secondary N) is 1. The van der Waals surface area contributed by atoms with Gasteiger partial charge in [0.05, 0.1) is 33.4 Å². The van der Waals surface area contributed by atoms with Gasteiger partial charge in [-0.15, -0.1) is 0 Å². The maximum Gasteiger partial charge on any atom is 0.418 e. The molecular weight excluding hydrogens is 659 g/mol. The molecule has 252 valence electrons. The van der Waals surface area contributed by atoms with Crippen molar-refractivity contribution in [2.75, 3.05) is 0 Å². The minimum atomic E-state index is -4.66.